The lowest BCUT2D eigenvalue weighted by molar-refractivity contribution is -0.0914. The van der Waals surface area contributed by atoms with Gasteiger partial charge in [-0.2, -0.15) is 0 Å². The second-order valence-corrected chi connectivity index (χ2v) is 7.19. The Balaban J connectivity index is 1.54. The zero-order chi connectivity index (χ0) is 13.3. The smallest absolute Gasteiger partial charge is 0.0951 e. The van der Waals surface area contributed by atoms with Gasteiger partial charge in [0.25, 0.3) is 0 Å². The molecule has 1 saturated carbocycles. The average Bonchev–Trinajstić information content (AvgIpc) is 2.81. The molecule has 19 heavy (non-hydrogen) atoms. The van der Waals surface area contributed by atoms with Crippen LogP contribution in [0.25, 0.3) is 0 Å². The van der Waals surface area contributed by atoms with Gasteiger partial charge in [0, 0.05) is 31.7 Å². The summed E-state index contributed by atoms with van der Waals surface area (Å²) < 4.78 is 11.6. The standard InChI is InChI=1S/C16H29NO2/c1-12-3-4-15(13(2)9-12)17-14-5-7-19-16(10-14)6-8-18-11-16/h12-15,17H,3-11H2,1-2H3. The number of ether oxygens (including phenoxy) is 2. The zero-order valence-electron chi connectivity index (χ0n) is 12.5. The number of rotatable bonds is 2. The predicted octanol–water partition coefficient (Wildman–Crippen LogP) is 2.74. The molecule has 3 nitrogen and oxygen atoms in total. The highest BCUT2D eigenvalue weighted by Gasteiger charge is 2.41. The SMILES string of the molecule is CC1CCC(NC2CCOC3(CCOC3)C2)C(C)C1. The third-order valence-corrected chi connectivity index (χ3v) is 5.44. The summed E-state index contributed by atoms with van der Waals surface area (Å²) >= 11 is 0. The normalized spacial score (nSPS) is 47.7. The van der Waals surface area contributed by atoms with Crippen LogP contribution in [0.3, 0.4) is 0 Å². The van der Waals surface area contributed by atoms with Crippen LogP contribution < -0.4 is 5.32 Å². The molecule has 3 heteroatoms. The van der Waals surface area contributed by atoms with Crippen molar-refractivity contribution in [1.82, 2.24) is 5.32 Å². The highest BCUT2D eigenvalue weighted by molar-refractivity contribution is 4.94. The summed E-state index contributed by atoms with van der Waals surface area (Å²) in [6.07, 6.45) is 7.52. The van der Waals surface area contributed by atoms with E-state index in [4.69, 9.17) is 9.47 Å². The molecule has 1 aliphatic carbocycles. The van der Waals surface area contributed by atoms with Crippen LogP contribution in [0.1, 0.15) is 52.4 Å². The van der Waals surface area contributed by atoms with Gasteiger partial charge in [-0.05, 0) is 43.9 Å². The minimum Gasteiger partial charge on any atom is -0.378 e. The largest absolute Gasteiger partial charge is 0.378 e. The molecule has 0 aromatic rings. The van der Waals surface area contributed by atoms with Crippen molar-refractivity contribution in [3.05, 3.63) is 0 Å². The van der Waals surface area contributed by atoms with Gasteiger partial charge in [-0.3, -0.25) is 0 Å². The molecule has 2 aliphatic heterocycles. The molecular formula is C16H29NO2. The maximum Gasteiger partial charge on any atom is 0.0951 e. The van der Waals surface area contributed by atoms with E-state index in [0.717, 1.165) is 50.5 Å². The van der Waals surface area contributed by atoms with Crippen LogP contribution in [0.2, 0.25) is 0 Å². The lowest BCUT2D eigenvalue weighted by atomic mass is 9.79. The maximum absolute atomic E-state index is 6.02. The van der Waals surface area contributed by atoms with Gasteiger partial charge < -0.3 is 14.8 Å². The summed E-state index contributed by atoms with van der Waals surface area (Å²) in [7, 11) is 0. The molecule has 3 fully saturated rings. The van der Waals surface area contributed by atoms with E-state index in [1.165, 1.54) is 25.7 Å². The maximum atomic E-state index is 6.02. The first kappa shape index (κ1) is 13.8. The van der Waals surface area contributed by atoms with E-state index in [1.54, 1.807) is 0 Å². The van der Waals surface area contributed by atoms with E-state index < -0.39 is 0 Å². The Morgan fingerprint density at radius 1 is 1.11 bits per heavy atom. The van der Waals surface area contributed by atoms with Gasteiger partial charge in [-0.15, -0.1) is 0 Å². The summed E-state index contributed by atoms with van der Waals surface area (Å²) in [4.78, 5) is 0. The van der Waals surface area contributed by atoms with Crippen molar-refractivity contribution < 1.29 is 9.47 Å². The van der Waals surface area contributed by atoms with Gasteiger partial charge >= 0.3 is 0 Å². The monoisotopic (exact) mass is 267 g/mol. The van der Waals surface area contributed by atoms with Gasteiger partial charge in [-0.1, -0.05) is 13.8 Å². The van der Waals surface area contributed by atoms with E-state index in [-0.39, 0.29) is 5.60 Å². The van der Waals surface area contributed by atoms with Crippen molar-refractivity contribution >= 4 is 0 Å². The Labute approximate surface area is 117 Å². The Hall–Kier alpha value is -0.120. The van der Waals surface area contributed by atoms with Crippen LogP contribution in [0.15, 0.2) is 0 Å². The topological polar surface area (TPSA) is 30.5 Å². The minimum absolute atomic E-state index is 0.0428. The summed E-state index contributed by atoms with van der Waals surface area (Å²) in [5.41, 5.74) is 0.0428. The van der Waals surface area contributed by atoms with Gasteiger partial charge in [-0.25, -0.2) is 0 Å². The minimum atomic E-state index is 0.0428. The van der Waals surface area contributed by atoms with Crippen molar-refractivity contribution in [2.45, 2.75) is 70.1 Å². The number of hydrogen-bond acceptors (Lipinski definition) is 3. The molecule has 0 radical (unpaired) electrons. The molecule has 0 aromatic carbocycles. The highest BCUT2D eigenvalue weighted by atomic mass is 16.6. The van der Waals surface area contributed by atoms with Gasteiger partial charge in [0.05, 0.1) is 12.2 Å². The van der Waals surface area contributed by atoms with E-state index >= 15 is 0 Å². The zero-order valence-corrected chi connectivity index (χ0v) is 12.5. The summed E-state index contributed by atoms with van der Waals surface area (Å²) in [6.45, 7) is 7.40. The Morgan fingerprint density at radius 3 is 2.74 bits per heavy atom. The van der Waals surface area contributed by atoms with Crippen LogP contribution in [-0.2, 0) is 9.47 Å². The summed E-state index contributed by atoms with van der Waals surface area (Å²) in [5, 5.41) is 3.94. The summed E-state index contributed by atoms with van der Waals surface area (Å²) in [6, 6.07) is 1.36. The van der Waals surface area contributed by atoms with Crippen molar-refractivity contribution in [3.63, 3.8) is 0 Å². The first-order valence-corrected chi connectivity index (χ1v) is 8.15. The quantitative estimate of drug-likeness (QED) is 0.834. The molecule has 2 heterocycles. The number of nitrogens with one attached hydrogen (secondary N) is 1. The van der Waals surface area contributed by atoms with E-state index in [9.17, 15) is 0 Å². The van der Waals surface area contributed by atoms with Crippen LogP contribution in [-0.4, -0.2) is 37.5 Å². The van der Waals surface area contributed by atoms with Crippen molar-refractivity contribution in [1.29, 1.82) is 0 Å². The molecule has 0 bridgehead atoms. The Morgan fingerprint density at radius 2 is 2.00 bits per heavy atom. The summed E-state index contributed by atoms with van der Waals surface area (Å²) in [5.74, 6) is 1.74. The van der Waals surface area contributed by atoms with Crippen molar-refractivity contribution in [3.8, 4) is 0 Å². The molecule has 3 aliphatic rings. The van der Waals surface area contributed by atoms with Gasteiger partial charge in [0.15, 0.2) is 0 Å². The van der Waals surface area contributed by atoms with Gasteiger partial charge in [0.1, 0.15) is 0 Å². The fourth-order valence-corrected chi connectivity index (χ4v) is 4.25. The molecule has 110 valence electrons. The highest BCUT2D eigenvalue weighted by Crippen LogP contribution is 2.34. The molecule has 0 amide bonds. The van der Waals surface area contributed by atoms with Crippen LogP contribution in [0.4, 0.5) is 0 Å². The average molecular weight is 267 g/mol. The van der Waals surface area contributed by atoms with Gasteiger partial charge in [0.2, 0.25) is 0 Å². The predicted molar refractivity (Wildman–Crippen MR) is 76.2 cm³/mol. The van der Waals surface area contributed by atoms with E-state index in [2.05, 4.69) is 19.2 Å². The lowest BCUT2D eigenvalue weighted by Gasteiger charge is -2.41. The van der Waals surface area contributed by atoms with E-state index in [1.807, 2.05) is 0 Å². The molecule has 1 N–H and O–H groups in total. The molecular weight excluding hydrogens is 238 g/mol. The molecule has 2 saturated heterocycles. The Bertz CT molecular complexity index is 301. The first-order chi connectivity index (χ1) is 9.17. The second kappa shape index (κ2) is 5.71. The molecule has 3 rings (SSSR count). The lowest BCUT2D eigenvalue weighted by Crippen LogP contribution is -2.52. The Kier molecular flexibility index (Phi) is 4.16. The number of hydrogen-bond donors (Lipinski definition) is 1. The molecule has 5 unspecified atom stereocenters. The van der Waals surface area contributed by atoms with Crippen LogP contribution in [0.5, 0.6) is 0 Å². The fraction of sp³-hybridized carbons (Fsp3) is 1.00. The third kappa shape index (κ3) is 3.14. The first-order valence-electron chi connectivity index (χ1n) is 8.15. The molecule has 1 spiro atoms. The van der Waals surface area contributed by atoms with E-state index in [0.29, 0.717) is 6.04 Å². The van der Waals surface area contributed by atoms with Crippen LogP contribution >= 0.6 is 0 Å². The second-order valence-electron chi connectivity index (χ2n) is 7.19. The third-order valence-electron chi connectivity index (χ3n) is 5.44. The van der Waals surface area contributed by atoms with Crippen LogP contribution in [0, 0.1) is 11.8 Å². The van der Waals surface area contributed by atoms with Crippen molar-refractivity contribution in [2.75, 3.05) is 19.8 Å². The molecule has 5 atom stereocenters. The fourth-order valence-electron chi connectivity index (χ4n) is 4.25. The van der Waals surface area contributed by atoms with Crippen molar-refractivity contribution in [2.24, 2.45) is 11.8 Å². The molecule has 0 aromatic heterocycles.